The molecule has 0 aromatic heterocycles. The summed E-state index contributed by atoms with van der Waals surface area (Å²) < 4.78 is 37.1. The highest BCUT2D eigenvalue weighted by atomic mass is 35.5. The molecule has 0 saturated carbocycles. The Hall–Kier alpha value is -1.23. The molecule has 1 rings (SSSR count). The van der Waals surface area contributed by atoms with E-state index in [-0.39, 0.29) is 5.56 Å². The summed E-state index contributed by atoms with van der Waals surface area (Å²) in [6.07, 6.45) is -4.55. The summed E-state index contributed by atoms with van der Waals surface area (Å²) >= 11 is 5.38. The molecule has 0 heterocycles. The average Bonchev–Trinajstić information content (AvgIpc) is 2.15. The van der Waals surface area contributed by atoms with Gasteiger partial charge in [-0.1, -0.05) is 11.6 Å². The minimum Gasteiger partial charge on any atom is -0.355 e. The SMILES string of the molecule is CNC(=O)c1ccc(Cl)c(C(F)(F)F)c1. The van der Waals surface area contributed by atoms with E-state index in [0.29, 0.717) is 0 Å². The zero-order chi connectivity index (χ0) is 11.6. The Labute approximate surface area is 89.0 Å². The van der Waals surface area contributed by atoms with Gasteiger partial charge in [-0.15, -0.1) is 0 Å². The van der Waals surface area contributed by atoms with Crippen molar-refractivity contribution in [3.8, 4) is 0 Å². The summed E-state index contributed by atoms with van der Waals surface area (Å²) in [5.41, 5.74) is -1.08. The van der Waals surface area contributed by atoms with Crippen molar-refractivity contribution in [3.63, 3.8) is 0 Å². The van der Waals surface area contributed by atoms with Crippen molar-refractivity contribution >= 4 is 17.5 Å². The van der Waals surface area contributed by atoms with Gasteiger partial charge in [0.05, 0.1) is 10.6 Å². The van der Waals surface area contributed by atoms with Crippen LogP contribution in [0, 0.1) is 0 Å². The van der Waals surface area contributed by atoms with Crippen LogP contribution in [0.2, 0.25) is 5.02 Å². The molecule has 0 aliphatic heterocycles. The molecule has 0 saturated heterocycles. The van der Waals surface area contributed by atoms with Crippen LogP contribution in [0.5, 0.6) is 0 Å². The van der Waals surface area contributed by atoms with Crippen molar-refractivity contribution in [3.05, 3.63) is 34.3 Å². The molecular formula is C9H7ClF3NO. The van der Waals surface area contributed by atoms with Gasteiger partial charge in [-0.05, 0) is 18.2 Å². The second-order valence-electron chi connectivity index (χ2n) is 2.77. The summed E-state index contributed by atoms with van der Waals surface area (Å²) in [5.74, 6) is -0.586. The molecule has 82 valence electrons. The summed E-state index contributed by atoms with van der Waals surface area (Å²) in [7, 11) is 1.34. The van der Waals surface area contributed by atoms with Gasteiger partial charge in [-0.2, -0.15) is 13.2 Å². The van der Waals surface area contributed by atoms with Gasteiger partial charge in [0.1, 0.15) is 0 Å². The minimum absolute atomic E-state index is 0.0748. The number of hydrogen-bond donors (Lipinski definition) is 1. The van der Waals surface area contributed by atoms with Crippen LogP contribution >= 0.6 is 11.6 Å². The number of hydrogen-bond acceptors (Lipinski definition) is 1. The van der Waals surface area contributed by atoms with E-state index < -0.39 is 22.7 Å². The maximum atomic E-state index is 12.4. The van der Waals surface area contributed by atoms with Crippen LogP contribution in [-0.4, -0.2) is 13.0 Å². The fourth-order valence-corrected chi connectivity index (χ4v) is 1.25. The first-order valence-corrected chi connectivity index (χ1v) is 4.33. The van der Waals surface area contributed by atoms with Gasteiger partial charge in [0.15, 0.2) is 0 Å². The van der Waals surface area contributed by atoms with Crippen molar-refractivity contribution in [2.24, 2.45) is 0 Å². The molecular weight excluding hydrogens is 231 g/mol. The maximum absolute atomic E-state index is 12.4. The fraction of sp³-hybridized carbons (Fsp3) is 0.222. The van der Waals surface area contributed by atoms with E-state index in [0.717, 1.165) is 12.1 Å². The topological polar surface area (TPSA) is 29.1 Å². The third-order valence-electron chi connectivity index (χ3n) is 1.76. The standard InChI is InChI=1S/C9H7ClF3NO/c1-14-8(15)5-2-3-7(10)6(4-5)9(11,12)13/h2-4H,1H3,(H,14,15). The van der Waals surface area contributed by atoms with Gasteiger partial charge in [0.2, 0.25) is 0 Å². The highest BCUT2D eigenvalue weighted by Gasteiger charge is 2.33. The maximum Gasteiger partial charge on any atom is 0.417 e. The van der Waals surface area contributed by atoms with Crippen molar-refractivity contribution in [1.82, 2.24) is 5.32 Å². The Morgan fingerprint density at radius 1 is 1.40 bits per heavy atom. The number of nitrogens with one attached hydrogen (secondary N) is 1. The van der Waals surface area contributed by atoms with Crippen LogP contribution in [-0.2, 0) is 6.18 Å². The highest BCUT2D eigenvalue weighted by Crippen LogP contribution is 2.35. The summed E-state index contributed by atoms with van der Waals surface area (Å²) in [4.78, 5) is 11.1. The number of alkyl halides is 3. The molecule has 15 heavy (non-hydrogen) atoms. The Kier molecular flexibility index (Phi) is 3.24. The monoisotopic (exact) mass is 237 g/mol. The highest BCUT2D eigenvalue weighted by molar-refractivity contribution is 6.31. The number of rotatable bonds is 1. The fourth-order valence-electron chi connectivity index (χ4n) is 1.03. The first-order chi connectivity index (χ1) is 6.86. The largest absolute Gasteiger partial charge is 0.417 e. The van der Waals surface area contributed by atoms with Crippen LogP contribution < -0.4 is 5.32 Å². The quantitative estimate of drug-likeness (QED) is 0.800. The molecule has 0 aliphatic rings. The zero-order valence-electron chi connectivity index (χ0n) is 7.65. The number of carbonyl (C=O) groups excluding carboxylic acids is 1. The number of carbonyl (C=O) groups is 1. The van der Waals surface area contributed by atoms with E-state index in [1.54, 1.807) is 0 Å². The number of amides is 1. The Bertz CT molecular complexity index is 389. The van der Waals surface area contributed by atoms with Crippen molar-refractivity contribution in [2.45, 2.75) is 6.18 Å². The lowest BCUT2D eigenvalue weighted by atomic mass is 10.1. The molecule has 0 spiro atoms. The first kappa shape index (κ1) is 11.8. The average molecular weight is 238 g/mol. The van der Waals surface area contributed by atoms with Gasteiger partial charge < -0.3 is 5.32 Å². The van der Waals surface area contributed by atoms with Crippen LogP contribution in [0.25, 0.3) is 0 Å². The van der Waals surface area contributed by atoms with Crippen LogP contribution in [0.15, 0.2) is 18.2 Å². The molecule has 0 radical (unpaired) electrons. The molecule has 1 N–H and O–H groups in total. The predicted octanol–water partition coefficient (Wildman–Crippen LogP) is 2.72. The number of benzene rings is 1. The Morgan fingerprint density at radius 2 is 2.00 bits per heavy atom. The van der Waals surface area contributed by atoms with Crippen molar-refractivity contribution in [2.75, 3.05) is 7.05 Å². The van der Waals surface area contributed by atoms with Gasteiger partial charge in [0, 0.05) is 12.6 Å². The number of halogens is 4. The minimum atomic E-state index is -4.55. The molecule has 1 amide bonds. The van der Waals surface area contributed by atoms with Gasteiger partial charge in [0.25, 0.3) is 5.91 Å². The lowest BCUT2D eigenvalue weighted by molar-refractivity contribution is -0.137. The second kappa shape index (κ2) is 4.10. The van der Waals surface area contributed by atoms with Gasteiger partial charge >= 0.3 is 6.18 Å². The van der Waals surface area contributed by atoms with Crippen LogP contribution in [0.1, 0.15) is 15.9 Å². The lowest BCUT2D eigenvalue weighted by Crippen LogP contribution is -2.18. The molecule has 2 nitrogen and oxygen atoms in total. The molecule has 1 aromatic carbocycles. The van der Waals surface area contributed by atoms with Gasteiger partial charge in [-0.25, -0.2) is 0 Å². The molecule has 0 fully saturated rings. The van der Waals surface area contributed by atoms with Crippen molar-refractivity contribution < 1.29 is 18.0 Å². The van der Waals surface area contributed by atoms with Crippen molar-refractivity contribution in [1.29, 1.82) is 0 Å². The zero-order valence-corrected chi connectivity index (χ0v) is 8.41. The molecule has 0 atom stereocenters. The van der Waals surface area contributed by atoms with E-state index in [1.807, 2.05) is 0 Å². The van der Waals surface area contributed by atoms with E-state index >= 15 is 0 Å². The Morgan fingerprint density at radius 3 is 2.47 bits per heavy atom. The first-order valence-electron chi connectivity index (χ1n) is 3.95. The molecule has 0 aliphatic carbocycles. The molecule has 0 bridgehead atoms. The smallest absolute Gasteiger partial charge is 0.355 e. The van der Waals surface area contributed by atoms with Crippen LogP contribution in [0.4, 0.5) is 13.2 Å². The third kappa shape index (κ3) is 2.62. The predicted molar refractivity (Wildman–Crippen MR) is 49.8 cm³/mol. The van der Waals surface area contributed by atoms with E-state index in [2.05, 4.69) is 5.32 Å². The van der Waals surface area contributed by atoms with E-state index in [4.69, 9.17) is 11.6 Å². The molecule has 1 aromatic rings. The lowest BCUT2D eigenvalue weighted by Gasteiger charge is -2.10. The summed E-state index contributed by atoms with van der Waals surface area (Å²) in [6, 6.07) is 3.01. The van der Waals surface area contributed by atoms with Crippen LogP contribution in [0.3, 0.4) is 0 Å². The summed E-state index contributed by atoms with van der Waals surface area (Å²) in [6.45, 7) is 0. The van der Waals surface area contributed by atoms with E-state index in [9.17, 15) is 18.0 Å². The Balaban J connectivity index is 3.23. The normalized spacial score (nSPS) is 11.3. The summed E-state index contributed by atoms with van der Waals surface area (Å²) in [5, 5.41) is 1.81. The molecule has 6 heteroatoms. The van der Waals surface area contributed by atoms with Gasteiger partial charge in [-0.3, -0.25) is 4.79 Å². The second-order valence-corrected chi connectivity index (χ2v) is 3.18. The van der Waals surface area contributed by atoms with E-state index in [1.165, 1.54) is 13.1 Å². The third-order valence-corrected chi connectivity index (χ3v) is 2.09. The molecule has 0 unspecified atom stereocenters.